The van der Waals surface area contributed by atoms with Gasteiger partial charge in [-0.05, 0) is 18.2 Å². The Morgan fingerprint density at radius 1 is 1.33 bits per heavy atom. The fraction of sp³-hybridized carbons (Fsp3) is 0.308. The highest BCUT2D eigenvalue weighted by Gasteiger charge is 2.20. The Morgan fingerprint density at radius 2 is 2.17 bits per heavy atom. The molecule has 0 spiro atoms. The molecule has 0 aliphatic carbocycles. The second-order valence-corrected chi connectivity index (χ2v) is 4.25. The molecule has 1 atom stereocenters. The minimum absolute atomic E-state index is 0.187. The van der Waals surface area contributed by atoms with Crippen LogP contribution in [0.3, 0.4) is 0 Å². The number of anilines is 1. The van der Waals surface area contributed by atoms with Crippen LogP contribution in [-0.4, -0.2) is 32.5 Å². The van der Waals surface area contributed by atoms with Gasteiger partial charge in [0, 0.05) is 24.9 Å². The minimum Gasteiger partial charge on any atom is -0.454 e. The van der Waals surface area contributed by atoms with E-state index in [0.717, 1.165) is 17.2 Å². The second kappa shape index (κ2) is 4.25. The fourth-order valence-corrected chi connectivity index (χ4v) is 2.01. The van der Waals surface area contributed by atoms with Crippen molar-refractivity contribution in [3.8, 4) is 11.5 Å². The molecule has 0 N–H and O–H groups in total. The Balaban J connectivity index is 1.70. The molecule has 2 heterocycles. The molecule has 1 aromatic carbocycles. The number of esters is 1. The van der Waals surface area contributed by atoms with Crippen LogP contribution in [0.25, 0.3) is 0 Å². The highest BCUT2D eigenvalue weighted by Crippen LogP contribution is 2.35. The predicted molar refractivity (Wildman–Crippen MR) is 64.9 cm³/mol. The number of ether oxygens (including phenoxy) is 3. The van der Waals surface area contributed by atoms with Crippen molar-refractivity contribution < 1.29 is 19.0 Å². The maximum atomic E-state index is 11.0. The number of nitrogens with zero attached hydrogens (tertiary/aromatic N) is 1. The van der Waals surface area contributed by atoms with Gasteiger partial charge in [-0.3, -0.25) is 0 Å². The van der Waals surface area contributed by atoms with E-state index in [1.807, 2.05) is 30.1 Å². The van der Waals surface area contributed by atoms with Gasteiger partial charge in [0.1, 0.15) is 6.10 Å². The van der Waals surface area contributed by atoms with Gasteiger partial charge in [0.05, 0.1) is 6.54 Å². The Kier molecular flexibility index (Phi) is 2.59. The van der Waals surface area contributed by atoms with Crippen molar-refractivity contribution in [3.63, 3.8) is 0 Å². The first-order valence-corrected chi connectivity index (χ1v) is 5.72. The third kappa shape index (κ3) is 1.99. The summed E-state index contributed by atoms with van der Waals surface area (Å²) in [5.74, 6) is 1.23. The summed E-state index contributed by atoms with van der Waals surface area (Å²) < 4.78 is 15.7. The van der Waals surface area contributed by atoms with Gasteiger partial charge in [-0.1, -0.05) is 0 Å². The zero-order valence-electron chi connectivity index (χ0n) is 9.96. The average Bonchev–Trinajstić information content (AvgIpc) is 2.96. The highest BCUT2D eigenvalue weighted by molar-refractivity contribution is 5.84. The molecule has 5 heteroatoms. The van der Waals surface area contributed by atoms with Gasteiger partial charge in [-0.25, -0.2) is 4.79 Å². The molecule has 3 rings (SSSR count). The third-order valence-corrected chi connectivity index (χ3v) is 2.97. The van der Waals surface area contributed by atoms with E-state index in [1.54, 1.807) is 6.08 Å². The van der Waals surface area contributed by atoms with Crippen molar-refractivity contribution in [3.05, 3.63) is 30.4 Å². The lowest BCUT2D eigenvalue weighted by Gasteiger charge is -2.22. The van der Waals surface area contributed by atoms with Crippen LogP contribution in [0.15, 0.2) is 30.4 Å². The molecule has 0 bridgehead atoms. The van der Waals surface area contributed by atoms with E-state index in [9.17, 15) is 4.79 Å². The Bertz CT molecular complexity index is 512. The van der Waals surface area contributed by atoms with Gasteiger partial charge in [0.25, 0.3) is 0 Å². The number of fused-ring (bicyclic) bond motifs is 1. The molecule has 2 aliphatic rings. The number of hydrogen-bond acceptors (Lipinski definition) is 5. The standard InChI is InChI=1S/C13H13NO4/c1-14(7-10-3-5-13(15)18-10)9-2-4-11-12(6-9)17-8-16-11/h2-6,10H,7-8H2,1H3. The maximum absolute atomic E-state index is 11.0. The fourth-order valence-electron chi connectivity index (χ4n) is 2.01. The quantitative estimate of drug-likeness (QED) is 0.754. The lowest BCUT2D eigenvalue weighted by Crippen LogP contribution is -2.28. The summed E-state index contributed by atoms with van der Waals surface area (Å²) in [5.41, 5.74) is 0.996. The van der Waals surface area contributed by atoms with Crippen LogP contribution < -0.4 is 14.4 Å². The molecule has 5 nitrogen and oxygen atoms in total. The van der Waals surface area contributed by atoms with Crippen LogP contribution >= 0.6 is 0 Å². The SMILES string of the molecule is CN(CC1C=CC(=O)O1)c1ccc2c(c1)OCO2. The van der Waals surface area contributed by atoms with Gasteiger partial charge in [-0.2, -0.15) is 0 Å². The van der Waals surface area contributed by atoms with Gasteiger partial charge in [0.15, 0.2) is 11.5 Å². The first kappa shape index (κ1) is 11.0. The van der Waals surface area contributed by atoms with Gasteiger partial charge >= 0.3 is 5.97 Å². The van der Waals surface area contributed by atoms with Crippen LogP contribution in [0, 0.1) is 0 Å². The summed E-state index contributed by atoms with van der Waals surface area (Å²) in [6.07, 6.45) is 3.04. The molecule has 0 aromatic heterocycles. The van der Waals surface area contributed by atoms with E-state index in [-0.39, 0.29) is 18.9 Å². The van der Waals surface area contributed by atoms with E-state index in [2.05, 4.69) is 0 Å². The molecule has 18 heavy (non-hydrogen) atoms. The topological polar surface area (TPSA) is 48.0 Å². The Labute approximate surface area is 105 Å². The number of rotatable bonds is 3. The summed E-state index contributed by atoms with van der Waals surface area (Å²) in [6.45, 7) is 0.882. The number of carbonyl (C=O) groups is 1. The van der Waals surface area contributed by atoms with Gasteiger partial charge < -0.3 is 19.1 Å². The van der Waals surface area contributed by atoms with E-state index in [1.165, 1.54) is 6.08 Å². The summed E-state index contributed by atoms with van der Waals surface area (Å²) >= 11 is 0. The molecular formula is C13H13NO4. The monoisotopic (exact) mass is 247 g/mol. The Morgan fingerprint density at radius 3 is 2.94 bits per heavy atom. The molecule has 2 aliphatic heterocycles. The average molecular weight is 247 g/mol. The number of benzene rings is 1. The largest absolute Gasteiger partial charge is 0.454 e. The summed E-state index contributed by atoms with van der Waals surface area (Å²) in [4.78, 5) is 13.0. The number of carbonyl (C=O) groups excluding carboxylic acids is 1. The normalized spacial score (nSPS) is 20.1. The van der Waals surface area contributed by atoms with Crippen molar-refractivity contribution in [2.75, 3.05) is 25.3 Å². The van der Waals surface area contributed by atoms with Crippen molar-refractivity contribution in [1.82, 2.24) is 0 Å². The van der Waals surface area contributed by atoms with Crippen molar-refractivity contribution >= 4 is 11.7 Å². The number of hydrogen-bond donors (Lipinski definition) is 0. The molecule has 1 aromatic rings. The molecule has 94 valence electrons. The maximum Gasteiger partial charge on any atom is 0.331 e. The van der Waals surface area contributed by atoms with E-state index in [4.69, 9.17) is 14.2 Å². The molecule has 0 saturated heterocycles. The number of cyclic esters (lactones) is 1. The van der Waals surface area contributed by atoms with E-state index in [0.29, 0.717) is 6.54 Å². The zero-order chi connectivity index (χ0) is 12.5. The van der Waals surface area contributed by atoms with Crippen molar-refractivity contribution in [2.24, 2.45) is 0 Å². The van der Waals surface area contributed by atoms with Crippen LogP contribution in [-0.2, 0) is 9.53 Å². The van der Waals surface area contributed by atoms with Crippen LogP contribution in [0.1, 0.15) is 0 Å². The molecule has 0 amide bonds. The summed E-state index contributed by atoms with van der Waals surface area (Å²) in [5, 5.41) is 0. The van der Waals surface area contributed by atoms with Crippen molar-refractivity contribution in [1.29, 1.82) is 0 Å². The highest BCUT2D eigenvalue weighted by atomic mass is 16.7. The first-order chi connectivity index (χ1) is 8.72. The van der Waals surface area contributed by atoms with Gasteiger partial charge in [0.2, 0.25) is 6.79 Å². The lowest BCUT2D eigenvalue weighted by atomic mass is 10.2. The van der Waals surface area contributed by atoms with E-state index >= 15 is 0 Å². The van der Waals surface area contributed by atoms with Crippen LogP contribution in [0.4, 0.5) is 5.69 Å². The first-order valence-electron chi connectivity index (χ1n) is 5.72. The molecule has 1 unspecified atom stereocenters. The Hall–Kier alpha value is -2.17. The van der Waals surface area contributed by atoms with Gasteiger partial charge in [-0.15, -0.1) is 0 Å². The minimum atomic E-state index is -0.279. The van der Waals surface area contributed by atoms with Crippen LogP contribution in [0.2, 0.25) is 0 Å². The smallest absolute Gasteiger partial charge is 0.331 e. The zero-order valence-corrected chi connectivity index (χ0v) is 9.96. The molecule has 0 fully saturated rings. The number of likely N-dealkylation sites (N-methyl/N-ethyl adjacent to an activating group) is 1. The third-order valence-electron chi connectivity index (χ3n) is 2.97. The summed E-state index contributed by atoms with van der Waals surface area (Å²) in [7, 11) is 1.94. The van der Waals surface area contributed by atoms with Crippen LogP contribution in [0.5, 0.6) is 11.5 Å². The molecule has 0 saturated carbocycles. The molecular weight excluding hydrogens is 234 g/mol. The second-order valence-electron chi connectivity index (χ2n) is 4.25. The molecule has 0 radical (unpaired) electrons. The van der Waals surface area contributed by atoms with Crippen molar-refractivity contribution in [2.45, 2.75) is 6.10 Å². The van der Waals surface area contributed by atoms with E-state index < -0.39 is 0 Å². The lowest BCUT2D eigenvalue weighted by molar-refractivity contribution is -0.138. The predicted octanol–water partition coefficient (Wildman–Crippen LogP) is 1.33. The summed E-state index contributed by atoms with van der Waals surface area (Å²) in [6, 6.07) is 5.75.